The highest BCUT2D eigenvalue weighted by Crippen LogP contribution is 2.29. The summed E-state index contributed by atoms with van der Waals surface area (Å²) in [5.41, 5.74) is 4.07. The molecular formula is C20H24ClN5. The lowest BCUT2D eigenvalue weighted by Gasteiger charge is -2.32. The first kappa shape index (κ1) is 17.3. The molecule has 6 heteroatoms. The molecule has 0 bridgehead atoms. The van der Waals surface area contributed by atoms with Crippen LogP contribution in [0, 0.1) is 6.92 Å². The van der Waals surface area contributed by atoms with Gasteiger partial charge in [-0.15, -0.1) is 10.2 Å². The highest BCUT2D eigenvalue weighted by Gasteiger charge is 2.19. The molecule has 0 spiro atoms. The Morgan fingerprint density at radius 3 is 3.00 bits per heavy atom. The van der Waals surface area contributed by atoms with E-state index in [9.17, 15) is 0 Å². The number of aromatic amines is 1. The predicted octanol–water partition coefficient (Wildman–Crippen LogP) is 4.48. The van der Waals surface area contributed by atoms with Crippen LogP contribution >= 0.6 is 11.6 Å². The molecule has 1 fully saturated rings. The number of likely N-dealkylation sites (N-methyl/N-ethyl adjacent to an activating group) is 1. The summed E-state index contributed by atoms with van der Waals surface area (Å²) >= 11 is 6.17. The molecule has 1 aromatic carbocycles. The van der Waals surface area contributed by atoms with Gasteiger partial charge in [-0.1, -0.05) is 30.7 Å². The van der Waals surface area contributed by atoms with E-state index in [-0.39, 0.29) is 0 Å². The molecule has 0 aliphatic carbocycles. The largest absolute Gasteiger partial charge is 0.365 e. The van der Waals surface area contributed by atoms with Crippen molar-refractivity contribution < 1.29 is 0 Å². The maximum absolute atomic E-state index is 6.17. The number of aromatic nitrogens is 3. The van der Waals surface area contributed by atoms with Gasteiger partial charge in [0.25, 0.3) is 0 Å². The van der Waals surface area contributed by atoms with Crippen LogP contribution in [0.5, 0.6) is 0 Å². The molecule has 5 nitrogen and oxygen atoms in total. The summed E-state index contributed by atoms with van der Waals surface area (Å²) in [6.45, 7) is 7.68. The molecule has 26 heavy (non-hydrogen) atoms. The molecule has 0 unspecified atom stereocenters. The van der Waals surface area contributed by atoms with Crippen LogP contribution < -0.4 is 5.32 Å². The van der Waals surface area contributed by atoms with Gasteiger partial charge in [0.15, 0.2) is 0 Å². The van der Waals surface area contributed by atoms with Crippen LogP contribution in [-0.4, -0.2) is 45.8 Å². The molecule has 0 radical (unpaired) electrons. The van der Waals surface area contributed by atoms with Crippen molar-refractivity contribution in [2.45, 2.75) is 32.7 Å². The van der Waals surface area contributed by atoms with Gasteiger partial charge in [0.05, 0.1) is 10.7 Å². The number of hydrogen-bond acceptors (Lipinski definition) is 4. The number of anilines is 1. The minimum absolute atomic E-state index is 0.445. The number of hydrogen-bond donors (Lipinski definition) is 2. The number of aryl methyl sites for hydroxylation is 1. The molecule has 0 saturated carbocycles. The number of nitrogens with zero attached hydrogens (tertiary/aromatic N) is 3. The summed E-state index contributed by atoms with van der Waals surface area (Å²) in [6, 6.07) is 8.69. The SMILES string of the molecule is CCN1CCC[C@@H](Nc2cc(C)c(-c3ccc4c(Cl)c[nH]c4c3)nn2)C1. The minimum atomic E-state index is 0.445. The molecule has 2 N–H and O–H groups in total. The molecule has 3 aromatic rings. The highest BCUT2D eigenvalue weighted by molar-refractivity contribution is 6.35. The Morgan fingerprint density at radius 2 is 2.19 bits per heavy atom. The first-order valence-corrected chi connectivity index (χ1v) is 9.62. The highest BCUT2D eigenvalue weighted by atomic mass is 35.5. The van der Waals surface area contributed by atoms with Gasteiger partial charge < -0.3 is 15.2 Å². The number of H-pyrrole nitrogens is 1. The van der Waals surface area contributed by atoms with E-state index in [0.717, 1.165) is 51.7 Å². The lowest BCUT2D eigenvalue weighted by atomic mass is 10.0. The molecule has 1 atom stereocenters. The van der Waals surface area contributed by atoms with Crippen molar-refractivity contribution in [3.05, 3.63) is 41.0 Å². The number of benzene rings is 1. The van der Waals surface area contributed by atoms with Crippen LogP contribution in [0.15, 0.2) is 30.5 Å². The molecule has 1 aliphatic heterocycles. The lowest BCUT2D eigenvalue weighted by molar-refractivity contribution is 0.226. The Bertz CT molecular complexity index is 920. The summed E-state index contributed by atoms with van der Waals surface area (Å²) in [4.78, 5) is 5.67. The normalized spacial score (nSPS) is 18.3. The molecular weight excluding hydrogens is 346 g/mol. The van der Waals surface area contributed by atoms with Crippen molar-refractivity contribution in [2.75, 3.05) is 25.0 Å². The molecule has 1 aliphatic rings. The van der Waals surface area contributed by atoms with Crippen LogP contribution in [-0.2, 0) is 0 Å². The maximum atomic E-state index is 6.17. The summed E-state index contributed by atoms with van der Waals surface area (Å²) in [5, 5.41) is 14.2. The molecule has 0 amide bonds. The maximum Gasteiger partial charge on any atom is 0.149 e. The number of piperidine rings is 1. The quantitative estimate of drug-likeness (QED) is 0.711. The Kier molecular flexibility index (Phi) is 4.83. The van der Waals surface area contributed by atoms with Gasteiger partial charge in [-0.05, 0) is 50.6 Å². The van der Waals surface area contributed by atoms with E-state index in [1.807, 2.05) is 18.3 Å². The van der Waals surface area contributed by atoms with Crippen LogP contribution in [0.3, 0.4) is 0 Å². The zero-order valence-corrected chi connectivity index (χ0v) is 16.0. The fourth-order valence-corrected chi connectivity index (χ4v) is 3.97. The van der Waals surface area contributed by atoms with Gasteiger partial charge in [-0.3, -0.25) is 0 Å². The summed E-state index contributed by atoms with van der Waals surface area (Å²) in [5.74, 6) is 0.859. The molecule has 136 valence electrons. The first-order valence-electron chi connectivity index (χ1n) is 9.24. The number of nitrogens with one attached hydrogen (secondary N) is 2. The summed E-state index contributed by atoms with van der Waals surface area (Å²) < 4.78 is 0. The van der Waals surface area contributed by atoms with E-state index in [2.05, 4.69) is 51.4 Å². The van der Waals surface area contributed by atoms with Crippen LogP contribution in [0.1, 0.15) is 25.3 Å². The monoisotopic (exact) mass is 369 g/mol. The van der Waals surface area contributed by atoms with Crippen molar-refractivity contribution in [1.29, 1.82) is 0 Å². The predicted molar refractivity (Wildman–Crippen MR) is 108 cm³/mol. The molecule has 1 saturated heterocycles. The Morgan fingerprint density at radius 1 is 1.31 bits per heavy atom. The smallest absolute Gasteiger partial charge is 0.149 e. The summed E-state index contributed by atoms with van der Waals surface area (Å²) in [7, 11) is 0. The van der Waals surface area contributed by atoms with Crippen LogP contribution in [0.25, 0.3) is 22.2 Å². The number of rotatable bonds is 4. The lowest BCUT2D eigenvalue weighted by Crippen LogP contribution is -2.42. The van der Waals surface area contributed by atoms with Gasteiger partial charge >= 0.3 is 0 Å². The zero-order valence-electron chi connectivity index (χ0n) is 15.2. The fourth-order valence-electron chi connectivity index (χ4n) is 3.75. The van der Waals surface area contributed by atoms with Gasteiger partial charge in [-0.2, -0.15) is 0 Å². The Balaban J connectivity index is 1.55. The number of likely N-dealkylation sites (tertiary alicyclic amines) is 1. The van der Waals surface area contributed by atoms with Gasteiger partial charge in [0.2, 0.25) is 0 Å². The average Bonchev–Trinajstić information content (AvgIpc) is 3.02. The topological polar surface area (TPSA) is 56.8 Å². The van der Waals surface area contributed by atoms with Crippen molar-refractivity contribution >= 4 is 28.3 Å². The van der Waals surface area contributed by atoms with Gasteiger partial charge in [0, 0.05) is 35.2 Å². The van der Waals surface area contributed by atoms with E-state index in [1.54, 1.807) is 0 Å². The fraction of sp³-hybridized carbons (Fsp3) is 0.400. The standard InChI is InChI=1S/C20H24ClN5/c1-3-26-8-4-5-15(12-26)23-19-9-13(2)20(25-24-19)14-6-7-16-17(21)11-22-18(16)10-14/h6-7,9-11,15,22H,3-5,8,12H2,1-2H3,(H,23,24)/t15-/m1/s1. The van der Waals surface area contributed by atoms with E-state index in [0.29, 0.717) is 6.04 Å². The average molecular weight is 370 g/mol. The van der Waals surface area contributed by atoms with Crippen molar-refractivity contribution in [2.24, 2.45) is 0 Å². The van der Waals surface area contributed by atoms with Crippen LogP contribution in [0.4, 0.5) is 5.82 Å². The Labute approximate surface area is 158 Å². The van der Waals surface area contributed by atoms with Gasteiger partial charge in [0.1, 0.15) is 5.82 Å². The molecule has 4 rings (SSSR count). The van der Waals surface area contributed by atoms with E-state index in [1.165, 1.54) is 19.4 Å². The molecule has 3 heterocycles. The second-order valence-corrected chi connectivity index (χ2v) is 7.44. The number of fused-ring (bicyclic) bond motifs is 1. The van der Waals surface area contributed by atoms with Crippen molar-refractivity contribution in [1.82, 2.24) is 20.1 Å². The van der Waals surface area contributed by atoms with E-state index < -0.39 is 0 Å². The second kappa shape index (κ2) is 7.25. The second-order valence-electron chi connectivity index (χ2n) is 7.03. The third-order valence-corrected chi connectivity index (χ3v) is 5.51. The summed E-state index contributed by atoms with van der Waals surface area (Å²) in [6.07, 6.45) is 4.23. The van der Waals surface area contributed by atoms with Crippen LogP contribution in [0.2, 0.25) is 5.02 Å². The Hall–Kier alpha value is -2.11. The first-order chi connectivity index (χ1) is 12.6. The van der Waals surface area contributed by atoms with E-state index in [4.69, 9.17) is 11.6 Å². The van der Waals surface area contributed by atoms with Crippen molar-refractivity contribution in [3.63, 3.8) is 0 Å². The minimum Gasteiger partial charge on any atom is -0.365 e. The number of halogens is 1. The van der Waals surface area contributed by atoms with E-state index >= 15 is 0 Å². The molecule has 2 aromatic heterocycles. The third-order valence-electron chi connectivity index (χ3n) is 5.19. The third kappa shape index (κ3) is 3.41. The zero-order chi connectivity index (χ0) is 18.1. The van der Waals surface area contributed by atoms with Gasteiger partial charge in [-0.25, -0.2) is 0 Å². The van der Waals surface area contributed by atoms with Crippen molar-refractivity contribution in [3.8, 4) is 11.3 Å².